The quantitative estimate of drug-likeness (QED) is 0.825. The van der Waals surface area contributed by atoms with E-state index in [0.29, 0.717) is 6.54 Å². The van der Waals surface area contributed by atoms with Crippen LogP contribution in [0.5, 0.6) is 0 Å². The van der Waals surface area contributed by atoms with Crippen molar-refractivity contribution in [1.29, 1.82) is 0 Å². The van der Waals surface area contributed by atoms with Crippen LogP contribution in [-0.4, -0.2) is 31.3 Å². The summed E-state index contributed by atoms with van der Waals surface area (Å²) >= 11 is 0. The molecule has 2 heterocycles. The topological polar surface area (TPSA) is 41.6 Å². The lowest BCUT2D eigenvalue weighted by molar-refractivity contribution is 0.0470. The second-order valence-electron chi connectivity index (χ2n) is 5.08. The van der Waals surface area contributed by atoms with Gasteiger partial charge >= 0.3 is 6.09 Å². The van der Waals surface area contributed by atoms with Gasteiger partial charge in [-0.2, -0.15) is 0 Å². The van der Waals surface area contributed by atoms with E-state index in [1.54, 1.807) is 4.90 Å². The van der Waals surface area contributed by atoms with Crippen molar-refractivity contribution in [3.63, 3.8) is 0 Å². The van der Waals surface area contributed by atoms with Gasteiger partial charge in [0.1, 0.15) is 5.60 Å². The summed E-state index contributed by atoms with van der Waals surface area (Å²) in [6.07, 6.45) is 2.72. The van der Waals surface area contributed by atoms with Crippen molar-refractivity contribution in [2.24, 2.45) is 0 Å². The molecule has 0 radical (unpaired) electrons. The Morgan fingerprint density at radius 2 is 2.00 bits per heavy atom. The molecule has 0 aromatic heterocycles. The maximum absolute atomic E-state index is 12.0. The van der Waals surface area contributed by atoms with Gasteiger partial charge in [0, 0.05) is 12.1 Å². The zero-order valence-electron chi connectivity index (χ0n) is 10.4. The number of benzene rings is 1. The number of carbonyl (C=O) groups is 1. The number of amides is 1. The zero-order valence-corrected chi connectivity index (χ0v) is 10.4. The first-order valence-electron chi connectivity index (χ1n) is 6.55. The number of nitrogens with one attached hydrogen (secondary N) is 1. The van der Waals surface area contributed by atoms with Gasteiger partial charge in [0.25, 0.3) is 0 Å². The van der Waals surface area contributed by atoms with Gasteiger partial charge in [-0.1, -0.05) is 18.2 Å². The molecule has 4 heteroatoms. The van der Waals surface area contributed by atoms with Crippen molar-refractivity contribution in [3.05, 3.63) is 30.3 Å². The van der Waals surface area contributed by atoms with Crippen LogP contribution in [0.1, 0.15) is 19.3 Å². The second-order valence-corrected chi connectivity index (χ2v) is 5.08. The number of hydrogen-bond acceptors (Lipinski definition) is 3. The van der Waals surface area contributed by atoms with Gasteiger partial charge in [-0.25, -0.2) is 4.79 Å². The summed E-state index contributed by atoms with van der Waals surface area (Å²) in [7, 11) is 0. The molecule has 2 fully saturated rings. The molecule has 1 unspecified atom stereocenters. The summed E-state index contributed by atoms with van der Waals surface area (Å²) in [4.78, 5) is 13.8. The molecule has 0 aliphatic carbocycles. The average molecular weight is 246 g/mol. The molecule has 2 aliphatic rings. The van der Waals surface area contributed by atoms with Gasteiger partial charge < -0.3 is 10.1 Å². The van der Waals surface area contributed by atoms with E-state index in [9.17, 15) is 4.79 Å². The van der Waals surface area contributed by atoms with Crippen LogP contribution in [0.2, 0.25) is 0 Å². The van der Waals surface area contributed by atoms with E-state index in [1.165, 1.54) is 0 Å². The van der Waals surface area contributed by atoms with E-state index >= 15 is 0 Å². The molecular weight excluding hydrogens is 228 g/mol. The summed E-state index contributed by atoms with van der Waals surface area (Å²) in [6, 6.07) is 9.76. The normalized spacial score (nSPS) is 28.2. The Morgan fingerprint density at radius 3 is 2.83 bits per heavy atom. The van der Waals surface area contributed by atoms with Crippen LogP contribution in [0, 0.1) is 0 Å². The van der Waals surface area contributed by atoms with E-state index in [0.717, 1.165) is 38.0 Å². The van der Waals surface area contributed by atoms with Gasteiger partial charge in [0.15, 0.2) is 0 Å². The van der Waals surface area contributed by atoms with Crippen molar-refractivity contribution < 1.29 is 9.53 Å². The summed E-state index contributed by atoms with van der Waals surface area (Å²) in [6.45, 7) is 2.62. The minimum absolute atomic E-state index is 0.205. The highest BCUT2D eigenvalue weighted by Gasteiger charge is 2.45. The molecule has 1 spiro atoms. The Labute approximate surface area is 107 Å². The summed E-state index contributed by atoms with van der Waals surface area (Å²) < 4.78 is 5.68. The number of rotatable bonds is 1. The standard InChI is InChI=1S/C14H18N2O2/c17-13-16(12-5-2-1-3-6-12)11-14(18-13)7-4-9-15-10-8-14/h1-3,5-6,15H,4,7-11H2. The molecule has 96 valence electrons. The first-order chi connectivity index (χ1) is 8.79. The molecule has 2 aliphatic heterocycles. The maximum Gasteiger partial charge on any atom is 0.415 e. The molecule has 1 atom stereocenters. The largest absolute Gasteiger partial charge is 0.441 e. The molecule has 1 N–H and O–H groups in total. The van der Waals surface area contributed by atoms with Gasteiger partial charge in [-0.15, -0.1) is 0 Å². The first kappa shape index (κ1) is 11.5. The molecule has 0 bridgehead atoms. The monoisotopic (exact) mass is 246 g/mol. The van der Waals surface area contributed by atoms with E-state index in [2.05, 4.69) is 5.32 Å². The lowest BCUT2D eigenvalue weighted by Gasteiger charge is -2.24. The van der Waals surface area contributed by atoms with Crippen LogP contribution in [0.25, 0.3) is 0 Å². The van der Waals surface area contributed by atoms with Crippen LogP contribution in [0.3, 0.4) is 0 Å². The maximum atomic E-state index is 12.0. The van der Waals surface area contributed by atoms with E-state index in [-0.39, 0.29) is 11.7 Å². The number of nitrogens with zero attached hydrogens (tertiary/aromatic N) is 1. The van der Waals surface area contributed by atoms with Crippen molar-refractivity contribution >= 4 is 11.8 Å². The Kier molecular flexibility index (Phi) is 2.96. The number of anilines is 1. The van der Waals surface area contributed by atoms with Crippen molar-refractivity contribution in [3.8, 4) is 0 Å². The van der Waals surface area contributed by atoms with Crippen LogP contribution >= 0.6 is 0 Å². The van der Waals surface area contributed by atoms with Gasteiger partial charge in [0.2, 0.25) is 0 Å². The van der Waals surface area contributed by atoms with Crippen molar-refractivity contribution in [2.75, 3.05) is 24.5 Å². The number of ether oxygens (including phenoxy) is 1. The van der Waals surface area contributed by atoms with Crippen molar-refractivity contribution in [2.45, 2.75) is 24.9 Å². The predicted octanol–water partition coefficient (Wildman–Crippen LogP) is 2.16. The Morgan fingerprint density at radius 1 is 1.17 bits per heavy atom. The molecule has 1 amide bonds. The second kappa shape index (κ2) is 4.61. The molecule has 3 rings (SSSR count). The highest BCUT2D eigenvalue weighted by atomic mass is 16.6. The number of hydrogen-bond donors (Lipinski definition) is 1. The molecule has 2 saturated heterocycles. The van der Waals surface area contributed by atoms with Crippen LogP contribution in [-0.2, 0) is 4.74 Å². The highest BCUT2D eigenvalue weighted by molar-refractivity contribution is 5.90. The van der Waals surface area contributed by atoms with Gasteiger partial charge in [-0.3, -0.25) is 4.90 Å². The minimum atomic E-state index is -0.281. The smallest absolute Gasteiger partial charge is 0.415 e. The zero-order chi connectivity index (χ0) is 12.4. The lowest BCUT2D eigenvalue weighted by Crippen LogP contribution is -2.35. The van der Waals surface area contributed by atoms with Crippen LogP contribution in [0.4, 0.5) is 10.5 Å². The van der Waals surface area contributed by atoms with E-state index in [4.69, 9.17) is 4.74 Å². The number of para-hydroxylation sites is 1. The summed E-state index contributed by atoms with van der Waals surface area (Å²) in [5, 5.41) is 3.36. The fraction of sp³-hybridized carbons (Fsp3) is 0.500. The molecule has 18 heavy (non-hydrogen) atoms. The van der Waals surface area contributed by atoms with E-state index in [1.807, 2.05) is 30.3 Å². The first-order valence-corrected chi connectivity index (χ1v) is 6.55. The average Bonchev–Trinajstić information content (AvgIpc) is 2.58. The fourth-order valence-electron chi connectivity index (χ4n) is 2.79. The fourth-order valence-corrected chi connectivity index (χ4v) is 2.79. The Hall–Kier alpha value is -1.55. The summed E-state index contributed by atoms with van der Waals surface area (Å²) in [5.74, 6) is 0. The Balaban J connectivity index is 1.81. The van der Waals surface area contributed by atoms with Crippen LogP contribution in [0.15, 0.2) is 30.3 Å². The number of carbonyl (C=O) groups excluding carboxylic acids is 1. The minimum Gasteiger partial charge on any atom is -0.441 e. The van der Waals surface area contributed by atoms with Crippen LogP contribution < -0.4 is 10.2 Å². The van der Waals surface area contributed by atoms with Crippen molar-refractivity contribution in [1.82, 2.24) is 5.32 Å². The SMILES string of the molecule is O=C1OC2(CCCNCC2)CN1c1ccccc1. The third kappa shape index (κ3) is 2.08. The molecule has 4 nitrogen and oxygen atoms in total. The van der Waals surface area contributed by atoms with Gasteiger partial charge in [0.05, 0.1) is 6.54 Å². The third-order valence-electron chi connectivity index (χ3n) is 3.78. The van der Waals surface area contributed by atoms with E-state index < -0.39 is 0 Å². The molecule has 1 aromatic carbocycles. The molecule has 1 aromatic rings. The predicted molar refractivity (Wildman–Crippen MR) is 69.7 cm³/mol. The Bertz CT molecular complexity index is 425. The molecular formula is C14H18N2O2. The molecule has 0 saturated carbocycles. The third-order valence-corrected chi connectivity index (χ3v) is 3.78. The summed E-state index contributed by atoms with van der Waals surface area (Å²) in [5.41, 5.74) is 0.646. The van der Waals surface area contributed by atoms with Gasteiger partial charge in [-0.05, 0) is 38.1 Å². The highest BCUT2D eigenvalue weighted by Crippen LogP contribution is 2.34. The lowest BCUT2D eigenvalue weighted by atomic mass is 9.95.